The van der Waals surface area contributed by atoms with E-state index in [1.165, 1.54) is 5.48 Å². The topological polar surface area (TPSA) is 75.1 Å². The maximum atomic E-state index is 15.5. The minimum absolute atomic E-state index is 0.643. The Morgan fingerprint density at radius 2 is 1.63 bits per heavy atom. The number of nitrogens with one attached hydrogen (secondary N) is 1. The van der Waals surface area contributed by atoms with Crippen LogP contribution in [-0.2, 0) is 4.79 Å². The van der Waals surface area contributed by atoms with E-state index < -0.39 is 23.4 Å². The van der Waals surface area contributed by atoms with Crippen molar-refractivity contribution in [3.63, 3.8) is 0 Å². The lowest BCUT2D eigenvalue weighted by atomic mass is 10.0. The number of nitrogens with zero attached hydrogens (tertiary/aromatic N) is 2. The van der Waals surface area contributed by atoms with Crippen LogP contribution in [0.1, 0.15) is 28.7 Å². The van der Waals surface area contributed by atoms with Crippen molar-refractivity contribution in [3.8, 4) is 11.3 Å². The molecule has 6 heteroatoms. The first-order chi connectivity index (χ1) is 13.1. The Morgan fingerprint density at radius 1 is 1.00 bits per heavy atom. The van der Waals surface area contributed by atoms with E-state index in [9.17, 15) is 4.79 Å². The van der Waals surface area contributed by atoms with Crippen LogP contribution in [0.15, 0.2) is 67.0 Å². The molecule has 3 aromatic rings. The molecule has 0 unspecified atom stereocenters. The van der Waals surface area contributed by atoms with Crippen molar-refractivity contribution in [2.24, 2.45) is 0 Å². The minimum atomic E-state index is -2.18. The van der Waals surface area contributed by atoms with Crippen LogP contribution in [0.4, 0.5) is 4.39 Å². The molecule has 0 bridgehead atoms. The molecule has 2 aromatic carbocycles. The second kappa shape index (κ2) is 6.55. The van der Waals surface area contributed by atoms with Gasteiger partial charge in [0.1, 0.15) is 0 Å². The molecule has 1 aliphatic carbocycles. The quantitative estimate of drug-likeness (QED) is 0.549. The monoisotopic (exact) mass is 363 g/mol. The van der Waals surface area contributed by atoms with Gasteiger partial charge in [0.2, 0.25) is 5.67 Å². The molecule has 1 aromatic heterocycles. The molecular formula is C21H18FN3O2. The summed E-state index contributed by atoms with van der Waals surface area (Å²) in [5, 5.41) is 9.00. The number of alkyl halides is 1. The summed E-state index contributed by atoms with van der Waals surface area (Å²) in [6.07, 6.45) is 3.38. The molecule has 0 aliphatic heterocycles. The second-order valence-corrected chi connectivity index (χ2v) is 6.74. The number of rotatable bonds is 4. The average molecular weight is 363 g/mol. The van der Waals surface area contributed by atoms with Gasteiger partial charge in [-0.3, -0.25) is 20.0 Å². The predicted octanol–water partition coefficient (Wildman–Crippen LogP) is 3.55. The highest BCUT2D eigenvalue weighted by Gasteiger charge is 2.72. The van der Waals surface area contributed by atoms with Gasteiger partial charge in [-0.2, -0.15) is 0 Å². The third kappa shape index (κ3) is 2.88. The normalized spacial score (nSPS) is 23.7. The summed E-state index contributed by atoms with van der Waals surface area (Å²) in [6.45, 7) is 1.86. The first-order valence-electron chi connectivity index (χ1n) is 8.63. The summed E-state index contributed by atoms with van der Waals surface area (Å²) in [4.78, 5) is 20.6. The Bertz CT molecular complexity index is 961. The maximum absolute atomic E-state index is 15.5. The van der Waals surface area contributed by atoms with E-state index >= 15 is 4.39 Å². The highest BCUT2D eigenvalue weighted by atomic mass is 19.1. The highest BCUT2D eigenvalue weighted by Crippen LogP contribution is 2.66. The molecule has 0 saturated heterocycles. The molecule has 3 atom stereocenters. The number of halogens is 1. The Hall–Kier alpha value is -3.12. The largest absolute Gasteiger partial charge is 0.289 e. The number of carbonyl (C=O) groups is 1. The van der Waals surface area contributed by atoms with Crippen LogP contribution in [0.5, 0.6) is 0 Å². The molecule has 2 N–H and O–H groups in total. The molecule has 0 radical (unpaired) electrons. The van der Waals surface area contributed by atoms with Crippen LogP contribution < -0.4 is 5.48 Å². The molecular weight excluding hydrogens is 345 g/mol. The average Bonchev–Trinajstić information content (AvgIpc) is 3.35. The third-order valence-electron chi connectivity index (χ3n) is 5.08. The van der Waals surface area contributed by atoms with Crippen LogP contribution in [0.2, 0.25) is 0 Å². The van der Waals surface area contributed by atoms with Gasteiger partial charge in [0.15, 0.2) is 0 Å². The third-order valence-corrected chi connectivity index (χ3v) is 5.08. The van der Waals surface area contributed by atoms with Crippen LogP contribution in [0.25, 0.3) is 11.3 Å². The molecule has 1 heterocycles. The number of hydrogen-bond donors (Lipinski definition) is 2. The SMILES string of the molecule is Cc1cnc(-c2ccc([C@@H]3[C@@H](c4ccccc4)[C@@]3(F)C(=O)NO)cc2)cn1. The molecule has 1 aliphatic rings. The molecule has 1 saturated carbocycles. The maximum Gasteiger partial charge on any atom is 0.282 e. The zero-order valence-corrected chi connectivity index (χ0v) is 14.6. The van der Waals surface area contributed by atoms with E-state index in [-0.39, 0.29) is 0 Å². The minimum Gasteiger partial charge on any atom is -0.289 e. The van der Waals surface area contributed by atoms with Crippen LogP contribution in [0, 0.1) is 6.92 Å². The van der Waals surface area contributed by atoms with Crippen molar-refractivity contribution in [3.05, 3.63) is 83.8 Å². The van der Waals surface area contributed by atoms with E-state index in [4.69, 9.17) is 5.21 Å². The Balaban J connectivity index is 1.67. The molecule has 136 valence electrons. The van der Waals surface area contributed by atoms with E-state index in [0.717, 1.165) is 22.5 Å². The van der Waals surface area contributed by atoms with Crippen molar-refractivity contribution in [1.29, 1.82) is 0 Å². The van der Waals surface area contributed by atoms with Crippen molar-refractivity contribution < 1.29 is 14.4 Å². The summed E-state index contributed by atoms with van der Waals surface area (Å²) < 4.78 is 15.5. The molecule has 5 nitrogen and oxygen atoms in total. The standard InChI is InChI=1S/C21H18FN3O2/c1-13-11-24-17(12-23-13)14-7-9-16(10-8-14)19-18(15-5-3-2-4-6-15)21(19,22)20(26)25-27/h2-12,18-19,27H,1H3,(H,25,26)/t18-,19-,21+/m1/s1. The number of aromatic nitrogens is 2. The van der Waals surface area contributed by atoms with Crippen LogP contribution in [0.3, 0.4) is 0 Å². The molecule has 1 fully saturated rings. The summed E-state index contributed by atoms with van der Waals surface area (Å²) >= 11 is 0. The lowest BCUT2D eigenvalue weighted by Crippen LogP contribution is -2.33. The van der Waals surface area contributed by atoms with Gasteiger partial charge in [-0.15, -0.1) is 0 Å². The van der Waals surface area contributed by atoms with Gasteiger partial charge in [-0.25, -0.2) is 9.87 Å². The zero-order chi connectivity index (χ0) is 19.0. The number of aryl methyl sites for hydroxylation is 1. The van der Waals surface area contributed by atoms with E-state index in [2.05, 4.69) is 9.97 Å². The Morgan fingerprint density at radius 3 is 2.19 bits per heavy atom. The number of hydroxylamine groups is 1. The van der Waals surface area contributed by atoms with Crippen molar-refractivity contribution in [2.75, 3.05) is 0 Å². The van der Waals surface area contributed by atoms with Crippen molar-refractivity contribution in [2.45, 2.75) is 24.4 Å². The van der Waals surface area contributed by atoms with Gasteiger partial charge < -0.3 is 0 Å². The zero-order valence-electron chi connectivity index (χ0n) is 14.6. The van der Waals surface area contributed by atoms with Gasteiger partial charge in [0.05, 0.1) is 17.6 Å². The summed E-state index contributed by atoms with van der Waals surface area (Å²) in [7, 11) is 0. The van der Waals surface area contributed by atoms with Gasteiger partial charge >= 0.3 is 0 Å². The predicted molar refractivity (Wildman–Crippen MR) is 97.9 cm³/mol. The molecule has 4 rings (SSSR count). The Labute approximate surface area is 155 Å². The molecule has 0 spiro atoms. The Kier molecular flexibility index (Phi) is 4.20. The fraction of sp³-hybridized carbons (Fsp3) is 0.190. The summed E-state index contributed by atoms with van der Waals surface area (Å²) in [6, 6.07) is 16.3. The highest BCUT2D eigenvalue weighted by molar-refractivity contribution is 5.92. The number of amides is 1. The van der Waals surface area contributed by atoms with Crippen LogP contribution >= 0.6 is 0 Å². The lowest BCUT2D eigenvalue weighted by molar-refractivity contribution is -0.136. The van der Waals surface area contributed by atoms with Gasteiger partial charge in [0.25, 0.3) is 5.91 Å². The second-order valence-electron chi connectivity index (χ2n) is 6.74. The number of hydrogen-bond acceptors (Lipinski definition) is 4. The van der Waals surface area contributed by atoms with Crippen molar-refractivity contribution in [1.82, 2.24) is 15.4 Å². The first-order valence-corrected chi connectivity index (χ1v) is 8.63. The van der Waals surface area contributed by atoms with Gasteiger partial charge in [0, 0.05) is 23.6 Å². The summed E-state index contributed by atoms with van der Waals surface area (Å²) in [5.41, 5.74) is 3.13. The van der Waals surface area contributed by atoms with E-state index in [1.807, 2.05) is 25.1 Å². The smallest absolute Gasteiger partial charge is 0.282 e. The van der Waals surface area contributed by atoms with Gasteiger partial charge in [-0.1, -0.05) is 54.6 Å². The van der Waals surface area contributed by atoms with Gasteiger partial charge in [-0.05, 0) is 18.1 Å². The fourth-order valence-electron chi connectivity index (χ4n) is 3.66. The van der Waals surface area contributed by atoms with Crippen molar-refractivity contribution >= 4 is 5.91 Å². The molecule has 27 heavy (non-hydrogen) atoms. The number of benzene rings is 2. The summed E-state index contributed by atoms with van der Waals surface area (Å²) in [5.74, 6) is -2.32. The van der Waals surface area contributed by atoms with E-state index in [0.29, 0.717) is 5.56 Å². The number of carbonyl (C=O) groups excluding carboxylic acids is 1. The fourth-order valence-corrected chi connectivity index (χ4v) is 3.66. The first kappa shape index (κ1) is 17.3. The molecule has 1 amide bonds. The van der Waals surface area contributed by atoms with E-state index in [1.54, 1.807) is 48.8 Å². The van der Waals surface area contributed by atoms with Crippen LogP contribution in [-0.4, -0.2) is 26.8 Å². The lowest BCUT2D eigenvalue weighted by Gasteiger charge is -2.06.